The molecule has 0 fully saturated rings. The third kappa shape index (κ3) is 7.20. The number of benzene rings is 1. The summed E-state index contributed by atoms with van der Waals surface area (Å²) >= 11 is 0. The second-order valence-electron chi connectivity index (χ2n) is 3.25. The van der Waals surface area contributed by atoms with Crippen molar-refractivity contribution in [1.82, 2.24) is 0 Å². The van der Waals surface area contributed by atoms with Crippen LogP contribution in [0, 0.1) is 13.0 Å². The van der Waals surface area contributed by atoms with E-state index in [0.717, 1.165) is 18.8 Å². The van der Waals surface area contributed by atoms with Crippen molar-refractivity contribution >= 4 is 23.1 Å². The maximum absolute atomic E-state index is 5.61. The molecular weight excluding hydrogens is 264 g/mol. The Hall–Kier alpha value is 0.266. The van der Waals surface area contributed by atoms with Gasteiger partial charge in [0.1, 0.15) is 0 Å². The number of rotatable bonds is 5. The maximum Gasteiger partial charge on any atom is 2.00 e. The van der Waals surface area contributed by atoms with E-state index in [4.69, 9.17) is 4.74 Å². The first-order valence-corrected chi connectivity index (χ1v) is 4.94. The predicted octanol–water partition coefficient (Wildman–Crippen LogP) is -0.0126. The van der Waals surface area contributed by atoms with Gasteiger partial charge in [0.2, 0.25) is 0 Å². The van der Waals surface area contributed by atoms with E-state index in [0.29, 0.717) is 0 Å². The van der Waals surface area contributed by atoms with Gasteiger partial charge in [-0.15, -0.1) is 11.6 Å². The van der Waals surface area contributed by atoms with Crippen molar-refractivity contribution in [2.24, 2.45) is 0 Å². The quantitative estimate of drug-likeness (QED) is 0.419. The van der Waals surface area contributed by atoms with Crippen molar-refractivity contribution in [3.8, 4) is 5.75 Å². The van der Waals surface area contributed by atoms with E-state index in [1.54, 1.807) is 0 Å². The molecule has 0 atom stereocenters. The van der Waals surface area contributed by atoms with Crippen LogP contribution in [-0.2, 0) is 0 Å². The van der Waals surface area contributed by atoms with Gasteiger partial charge in [-0.1, -0.05) is 26.7 Å². The zero-order valence-electron chi connectivity index (χ0n) is 9.55. The Balaban J connectivity index is 0. The van der Waals surface area contributed by atoms with Crippen LogP contribution in [0.15, 0.2) is 18.2 Å². The van der Waals surface area contributed by atoms with Crippen molar-refractivity contribution in [2.45, 2.75) is 33.1 Å². The van der Waals surface area contributed by atoms with Crippen molar-refractivity contribution in [1.29, 1.82) is 0 Å². The zero-order chi connectivity index (χ0) is 9.52. The SMILES string of the molecule is CCCCCOc1c[c-]ccc1C.[Br-].[Mg+2]. The molecule has 0 aliphatic carbocycles. The molecule has 0 saturated carbocycles. The molecule has 0 saturated heterocycles. The first kappa shape index (κ1) is 17.7. The third-order valence-corrected chi connectivity index (χ3v) is 2.04. The van der Waals surface area contributed by atoms with Crippen molar-refractivity contribution in [3.63, 3.8) is 0 Å². The van der Waals surface area contributed by atoms with E-state index in [1.807, 2.05) is 18.2 Å². The van der Waals surface area contributed by atoms with Gasteiger partial charge in [-0.25, -0.2) is 0 Å². The van der Waals surface area contributed by atoms with E-state index in [9.17, 15) is 0 Å². The molecule has 1 aromatic rings. The largest absolute Gasteiger partial charge is 2.00 e. The molecule has 0 aliphatic heterocycles. The molecule has 0 aliphatic rings. The number of aryl methyl sites for hydroxylation is 1. The summed E-state index contributed by atoms with van der Waals surface area (Å²) in [6.07, 6.45) is 3.63. The Labute approximate surface area is 120 Å². The van der Waals surface area contributed by atoms with Crippen LogP contribution in [0.3, 0.4) is 0 Å². The Bertz CT molecular complexity index is 253. The number of hydrogen-bond acceptors (Lipinski definition) is 1. The van der Waals surface area contributed by atoms with E-state index >= 15 is 0 Å². The Morgan fingerprint density at radius 3 is 2.67 bits per heavy atom. The first-order chi connectivity index (χ1) is 6.34. The van der Waals surface area contributed by atoms with Crippen molar-refractivity contribution in [2.75, 3.05) is 6.61 Å². The van der Waals surface area contributed by atoms with E-state index < -0.39 is 0 Å². The van der Waals surface area contributed by atoms with E-state index in [-0.39, 0.29) is 40.0 Å². The first-order valence-electron chi connectivity index (χ1n) is 4.94. The standard InChI is InChI=1S/C12H17O.BrH.Mg/c1-3-4-7-10-13-12-9-6-5-8-11(12)2;;/h5,8-9H,3-4,7,10H2,1-2H3;1H;/q-1;;+2/p-1. The molecular formula is C12H17BrMgO. The molecule has 1 aromatic carbocycles. The minimum Gasteiger partial charge on any atom is -1.00 e. The van der Waals surface area contributed by atoms with E-state index in [1.165, 1.54) is 18.4 Å². The van der Waals surface area contributed by atoms with Gasteiger partial charge in [0.25, 0.3) is 0 Å². The molecule has 0 bridgehead atoms. The molecule has 80 valence electrons. The van der Waals surface area contributed by atoms with Gasteiger partial charge in [-0.3, -0.25) is 0 Å². The normalized spacial score (nSPS) is 8.67. The van der Waals surface area contributed by atoms with Crippen LogP contribution in [0.5, 0.6) is 5.75 Å². The summed E-state index contributed by atoms with van der Waals surface area (Å²) in [6.45, 7) is 5.08. The third-order valence-electron chi connectivity index (χ3n) is 2.04. The fourth-order valence-corrected chi connectivity index (χ4v) is 1.18. The second kappa shape index (κ2) is 10.8. The molecule has 15 heavy (non-hydrogen) atoms. The van der Waals surface area contributed by atoms with Gasteiger partial charge < -0.3 is 21.7 Å². The molecule has 0 radical (unpaired) electrons. The van der Waals surface area contributed by atoms with Crippen LogP contribution in [0.2, 0.25) is 0 Å². The summed E-state index contributed by atoms with van der Waals surface area (Å²) in [5.41, 5.74) is 1.19. The molecule has 0 aromatic heterocycles. The molecule has 1 nitrogen and oxygen atoms in total. The zero-order valence-corrected chi connectivity index (χ0v) is 12.6. The molecule has 0 spiro atoms. The van der Waals surface area contributed by atoms with Gasteiger partial charge in [-0.2, -0.15) is 18.2 Å². The topological polar surface area (TPSA) is 9.23 Å². The predicted molar refractivity (Wildman–Crippen MR) is 60.8 cm³/mol. The number of unbranched alkanes of at least 4 members (excludes halogenated alkanes) is 2. The van der Waals surface area contributed by atoms with Gasteiger partial charge in [0.05, 0.1) is 6.61 Å². The smallest absolute Gasteiger partial charge is 1.00 e. The summed E-state index contributed by atoms with van der Waals surface area (Å²) in [5, 5.41) is 0. The molecule has 1 rings (SSSR count). The van der Waals surface area contributed by atoms with Crippen LogP contribution in [0.4, 0.5) is 0 Å². The van der Waals surface area contributed by atoms with Gasteiger partial charge in [-0.05, 0) is 6.42 Å². The average molecular weight is 281 g/mol. The average Bonchev–Trinajstić information content (AvgIpc) is 2.15. The Morgan fingerprint density at radius 1 is 1.33 bits per heavy atom. The molecule has 0 N–H and O–H groups in total. The molecule has 0 unspecified atom stereocenters. The molecule has 0 heterocycles. The molecule has 0 amide bonds. The van der Waals surface area contributed by atoms with Crippen LogP contribution < -0.4 is 21.7 Å². The van der Waals surface area contributed by atoms with Crippen molar-refractivity contribution in [3.05, 3.63) is 29.8 Å². The van der Waals surface area contributed by atoms with Crippen LogP contribution in [0.25, 0.3) is 0 Å². The summed E-state index contributed by atoms with van der Waals surface area (Å²) < 4.78 is 5.61. The fraction of sp³-hybridized carbons (Fsp3) is 0.500. The summed E-state index contributed by atoms with van der Waals surface area (Å²) in [5.74, 6) is 0.971. The minimum absolute atomic E-state index is 0. The summed E-state index contributed by atoms with van der Waals surface area (Å²) in [6, 6.07) is 8.86. The van der Waals surface area contributed by atoms with Gasteiger partial charge in [0.15, 0.2) is 0 Å². The van der Waals surface area contributed by atoms with Crippen LogP contribution in [0.1, 0.15) is 31.7 Å². The fourth-order valence-electron chi connectivity index (χ4n) is 1.18. The van der Waals surface area contributed by atoms with Crippen molar-refractivity contribution < 1.29 is 21.7 Å². The van der Waals surface area contributed by atoms with Crippen LogP contribution >= 0.6 is 0 Å². The van der Waals surface area contributed by atoms with E-state index in [2.05, 4.69) is 19.9 Å². The van der Waals surface area contributed by atoms with Gasteiger partial charge >= 0.3 is 23.1 Å². The summed E-state index contributed by atoms with van der Waals surface area (Å²) in [4.78, 5) is 0. The number of ether oxygens (including phenoxy) is 1. The number of hydrogen-bond donors (Lipinski definition) is 0. The maximum atomic E-state index is 5.61. The summed E-state index contributed by atoms with van der Waals surface area (Å²) in [7, 11) is 0. The molecule has 3 heteroatoms. The van der Waals surface area contributed by atoms with Gasteiger partial charge in [0, 0.05) is 5.75 Å². The second-order valence-corrected chi connectivity index (χ2v) is 3.25. The Morgan fingerprint density at radius 2 is 2.07 bits per heavy atom. The monoisotopic (exact) mass is 280 g/mol. The number of halogens is 1. The van der Waals surface area contributed by atoms with Crippen LogP contribution in [-0.4, -0.2) is 29.7 Å². The Kier molecular flexibility index (Phi) is 12.7. The minimum atomic E-state index is 0.